The molecule has 0 bridgehead atoms. The largest absolute Gasteiger partial charge is 0.454 e. The summed E-state index contributed by atoms with van der Waals surface area (Å²) < 4.78 is 14.4. The maximum absolute atomic E-state index is 13.9. The first-order valence-corrected chi connectivity index (χ1v) is 13.1. The first kappa shape index (κ1) is 20.9. The quantitative estimate of drug-likeness (QED) is 0.365. The van der Waals surface area contributed by atoms with Crippen molar-refractivity contribution in [2.45, 2.75) is 18.9 Å². The monoisotopic (exact) mass is 542 g/mol. The van der Waals surface area contributed by atoms with Crippen LogP contribution in [0.1, 0.15) is 34.7 Å². The Bertz CT molecular complexity index is 1720. The fraction of sp³-hybridized carbons (Fsp3) is 0.143. The third-order valence-corrected chi connectivity index (χ3v) is 8.44. The number of aromatic nitrogens is 1. The Kier molecular flexibility index (Phi) is 4.82. The average molecular weight is 543 g/mol. The van der Waals surface area contributed by atoms with Crippen LogP contribution in [0.4, 0.5) is 0 Å². The molecule has 0 radical (unpaired) electrons. The highest BCUT2D eigenvalue weighted by Gasteiger charge is 2.32. The van der Waals surface area contributed by atoms with Crippen LogP contribution in [0.5, 0.6) is 11.5 Å². The Hall–Kier alpha value is -3.42. The summed E-state index contributed by atoms with van der Waals surface area (Å²) in [5.41, 5.74) is 6.64. The molecular formula is C28H19BrN2O3S. The van der Waals surface area contributed by atoms with Gasteiger partial charge in [0.2, 0.25) is 6.79 Å². The summed E-state index contributed by atoms with van der Waals surface area (Å²) in [5.74, 6) is 1.38. The Morgan fingerprint density at radius 3 is 2.63 bits per heavy atom. The van der Waals surface area contributed by atoms with Crippen LogP contribution < -0.4 is 24.4 Å². The lowest BCUT2D eigenvalue weighted by Gasteiger charge is -2.30. The molecule has 7 rings (SSSR count). The molecule has 1 aromatic heterocycles. The summed E-state index contributed by atoms with van der Waals surface area (Å²) in [4.78, 5) is 19.7. The molecule has 0 spiro atoms. The van der Waals surface area contributed by atoms with Gasteiger partial charge in [0.05, 0.1) is 16.3 Å². The fourth-order valence-electron chi connectivity index (χ4n) is 5.14. The van der Waals surface area contributed by atoms with E-state index < -0.39 is 0 Å². The summed E-state index contributed by atoms with van der Waals surface area (Å²) >= 11 is 5.05. The van der Waals surface area contributed by atoms with Gasteiger partial charge >= 0.3 is 0 Å². The molecule has 3 aliphatic rings. The third-order valence-electron chi connectivity index (χ3n) is 6.77. The van der Waals surface area contributed by atoms with Gasteiger partial charge in [-0.05, 0) is 53.3 Å². The third kappa shape index (κ3) is 3.33. The summed E-state index contributed by atoms with van der Waals surface area (Å²) in [6, 6.07) is 22.4. The van der Waals surface area contributed by atoms with E-state index in [-0.39, 0.29) is 18.4 Å². The Balaban J connectivity index is 1.47. The number of hydrogen-bond acceptors (Lipinski definition) is 5. The Morgan fingerprint density at radius 2 is 1.77 bits per heavy atom. The smallest absolute Gasteiger partial charge is 0.271 e. The lowest BCUT2D eigenvalue weighted by atomic mass is 9.83. The van der Waals surface area contributed by atoms with Crippen LogP contribution in [0, 0.1) is 0 Å². The molecule has 0 N–H and O–H groups in total. The van der Waals surface area contributed by atoms with Gasteiger partial charge in [0.15, 0.2) is 16.3 Å². The van der Waals surface area contributed by atoms with Crippen molar-refractivity contribution in [2.24, 2.45) is 4.99 Å². The van der Waals surface area contributed by atoms with Gasteiger partial charge in [-0.2, -0.15) is 0 Å². The van der Waals surface area contributed by atoms with E-state index in [1.165, 1.54) is 28.0 Å². The van der Waals surface area contributed by atoms with E-state index in [1.54, 1.807) is 0 Å². The van der Waals surface area contributed by atoms with Crippen molar-refractivity contribution in [2.75, 3.05) is 6.79 Å². The van der Waals surface area contributed by atoms with E-state index in [1.807, 2.05) is 41.0 Å². The number of aryl methyl sites for hydroxylation is 1. The van der Waals surface area contributed by atoms with Gasteiger partial charge in [-0.3, -0.25) is 9.36 Å². The van der Waals surface area contributed by atoms with Crippen LogP contribution in [0.2, 0.25) is 0 Å². The standard InChI is InChI=1S/C28H19BrN2O3S/c29-21-14-23-22(33-15-34-23)12-18(21)13-24-27(32)31-26(17-7-2-1-3-8-17)20-11-10-16-6-4-5-9-19(16)25(20)30-28(31)35-24/h1-9,12-14,26H,10-11,15H2/b24-13+/t26-/m1/s1. The fourth-order valence-corrected chi connectivity index (χ4v) is 6.57. The maximum Gasteiger partial charge on any atom is 0.271 e. The lowest BCUT2D eigenvalue weighted by Crippen LogP contribution is -2.38. The number of rotatable bonds is 2. The minimum Gasteiger partial charge on any atom is -0.454 e. The van der Waals surface area contributed by atoms with E-state index in [0.717, 1.165) is 38.9 Å². The lowest BCUT2D eigenvalue weighted by molar-refractivity contribution is 0.174. The number of nitrogens with zero attached hydrogens (tertiary/aromatic N) is 2. The molecule has 5 nitrogen and oxygen atoms in total. The van der Waals surface area contributed by atoms with Gasteiger partial charge in [0.25, 0.3) is 5.56 Å². The summed E-state index contributed by atoms with van der Waals surface area (Å²) in [6.45, 7) is 0.206. The van der Waals surface area contributed by atoms with Gasteiger partial charge in [0, 0.05) is 10.0 Å². The SMILES string of the molecule is O=c1/c(=C\c2cc3c(cc2Br)OCO3)sc2n1[C@H](c1ccccc1)C1=C(N=2)c2ccccc2CC1. The number of fused-ring (bicyclic) bond motifs is 4. The molecule has 7 heteroatoms. The number of ether oxygens (including phenoxy) is 2. The van der Waals surface area contributed by atoms with E-state index in [4.69, 9.17) is 14.5 Å². The van der Waals surface area contributed by atoms with Crippen LogP contribution in [0.15, 0.2) is 86.6 Å². The summed E-state index contributed by atoms with van der Waals surface area (Å²) in [5, 5.41) is 0. The predicted molar refractivity (Wildman–Crippen MR) is 139 cm³/mol. The molecule has 1 atom stereocenters. The van der Waals surface area contributed by atoms with E-state index in [0.29, 0.717) is 16.0 Å². The zero-order valence-corrected chi connectivity index (χ0v) is 20.9. The van der Waals surface area contributed by atoms with Crippen LogP contribution in [0.3, 0.4) is 0 Å². The molecular weight excluding hydrogens is 524 g/mol. The van der Waals surface area contributed by atoms with Crippen molar-refractivity contribution in [1.29, 1.82) is 0 Å². The number of benzene rings is 3. The normalized spacial score (nSPS) is 18.1. The molecule has 172 valence electrons. The minimum atomic E-state index is -0.168. The number of allylic oxidation sites excluding steroid dienone is 1. The molecule has 3 heterocycles. The van der Waals surface area contributed by atoms with Crippen LogP contribution in [-0.4, -0.2) is 11.4 Å². The van der Waals surface area contributed by atoms with Crippen molar-refractivity contribution in [3.05, 3.63) is 119 Å². The molecule has 35 heavy (non-hydrogen) atoms. The first-order valence-electron chi connectivity index (χ1n) is 11.4. The Labute approximate surface area is 213 Å². The van der Waals surface area contributed by atoms with Crippen molar-refractivity contribution in [3.63, 3.8) is 0 Å². The van der Waals surface area contributed by atoms with E-state index in [9.17, 15) is 4.79 Å². The number of thiazole rings is 1. The molecule has 4 aromatic rings. The van der Waals surface area contributed by atoms with Crippen LogP contribution in [0.25, 0.3) is 11.8 Å². The highest BCUT2D eigenvalue weighted by molar-refractivity contribution is 9.10. The maximum atomic E-state index is 13.9. The van der Waals surface area contributed by atoms with Crippen molar-refractivity contribution >= 4 is 39.0 Å². The zero-order chi connectivity index (χ0) is 23.5. The molecule has 1 aliphatic carbocycles. The van der Waals surface area contributed by atoms with Crippen molar-refractivity contribution in [1.82, 2.24) is 4.57 Å². The van der Waals surface area contributed by atoms with Crippen LogP contribution >= 0.6 is 27.3 Å². The van der Waals surface area contributed by atoms with Crippen LogP contribution in [-0.2, 0) is 6.42 Å². The summed E-state index contributed by atoms with van der Waals surface area (Å²) in [7, 11) is 0. The second-order valence-corrected chi connectivity index (χ2v) is 10.6. The predicted octanol–water partition coefficient (Wildman–Crippen LogP) is 4.81. The van der Waals surface area contributed by atoms with Gasteiger partial charge in [-0.15, -0.1) is 0 Å². The highest BCUT2D eigenvalue weighted by Crippen LogP contribution is 2.41. The molecule has 2 aliphatic heterocycles. The van der Waals surface area contributed by atoms with E-state index in [2.05, 4.69) is 52.3 Å². The molecule has 0 amide bonds. The summed E-state index contributed by atoms with van der Waals surface area (Å²) in [6.07, 6.45) is 3.74. The highest BCUT2D eigenvalue weighted by atomic mass is 79.9. The van der Waals surface area contributed by atoms with Crippen molar-refractivity contribution in [3.8, 4) is 11.5 Å². The molecule has 0 saturated heterocycles. The second-order valence-electron chi connectivity index (χ2n) is 8.75. The first-order chi connectivity index (χ1) is 17.2. The average Bonchev–Trinajstić information content (AvgIpc) is 3.47. The molecule has 0 unspecified atom stereocenters. The minimum absolute atomic E-state index is 0.0300. The van der Waals surface area contributed by atoms with Gasteiger partial charge in [-0.25, -0.2) is 4.99 Å². The zero-order valence-electron chi connectivity index (χ0n) is 18.5. The van der Waals surface area contributed by atoms with Gasteiger partial charge in [-0.1, -0.05) is 81.9 Å². The Morgan fingerprint density at radius 1 is 1.00 bits per heavy atom. The van der Waals surface area contributed by atoms with Gasteiger partial charge < -0.3 is 9.47 Å². The molecule has 0 saturated carbocycles. The van der Waals surface area contributed by atoms with E-state index >= 15 is 0 Å². The number of hydrogen-bond donors (Lipinski definition) is 0. The van der Waals surface area contributed by atoms with Crippen molar-refractivity contribution < 1.29 is 9.47 Å². The second kappa shape index (κ2) is 8.07. The number of halogens is 1. The molecule has 0 fully saturated rings. The topological polar surface area (TPSA) is 52.8 Å². The van der Waals surface area contributed by atoms with Gasteiger partial charge in [0.1, 0.15) is 0 Å². The molecule has 3 aromatic carbocycles.